The molecule has 1 N–H and O–H groups in total. The first-order valence-electron chi connectivity index (χ1n) is 14.8. The maximum atomic E-state index is 14.0. The van der Waals surface area contributed by atoms with Crippen molar-refractivity contribution in [2.75, 3.05) is 0 Å². The van der Waals surface area contributed by atoms with Gasteiger partial charge in [-0.1, -0.05) is 95.9 Å². The highest BCUT2D eigenvalue weighted by molar-refractivity contribution is 6.30. The van der Waals surface area contributed by atoms with E-state index in [0.717, 1.165) is 46.5 Å². The molecule has 0 radical (unpaired) electrons. The lowest BCUT2D eigenvalue weighted by atomic mass is 9.98. The molecule has 6 rings (SSSR count). The van der Waals surface area contributed by atoms with Crippen LogP contribution in [0.5, 0.6) is 0 Å². The Labute approximate surface area is 263 Å². The van der Waals surface area contributed by atoms with Crippen molar-refractivity contribution in [2.45, 2.75) is 52.5 Å². The molecule has 3 aromatic heterocycles. The van der Waals surface area contributed by atoms with Crippen LogP contribution in [0.1, 0.15) is 59.7 Å². The van der Waals surface area contributed by atoms with Crippen LogP contribution in [0.25, 0.3) is 22.5 Å². The highest BCUT2D eigenvalue weighted by Gasteiger charge is 2.19. The molecule has 3 heterocycles. The zero-order chi connectivity index (χ0) is 31.3. The summed E-state index contributed by atoms with van der Waals surface area (Å²) in [6.07, 6.45) is 3.26. The Balaban J connectivity index is 1.27. The fourth-order valence-electron chi connectivity index (χ4n) is 5.32. The third-order valence-electron chi connectivity index (χ3n) is 7.62. The van der Waals surface area contributed by atoms with Crippen LogP contribution in [-0.4, -0.2) is 29.8 Å². The van der Waals surface area contributed by atoms with Crippen molar-refractivity contribution in [1.82, 2.24) is 29.8 Å². The summed E-state index contributed by atoms with van der Waals surface area (Å²) in [5.41, 5.74) is 5.57. The second-order valence-corrected chi connectivity index (χ2v) is 11.3. The SMILES string of the molecule is CCCCc1nc(C)c(Cc2nc(Cc3cccc(Cl)c3)no2)c(=O)n1Cc1ccc(-c2ccccc2-c2noc(=O)[nH]2)cc1. The van der Waals surface area contributed by atoms with E-state index in [4.69, 9.17) is 25.6 Å². The highest BCUT2D eigenvalue weighted by atomic mass is 35.5. The number of aromatic amines is 1. The quantitative estimate of drug-likeness (QED) is 0.181. The van der Waals surface area contributed by atoms with Crippen LogP contribution in [0, 0.1) is 6.92 Å². The summed E-state index contributed by atoms with van der Waals surface area (Å²) >= 11 is 6.12. The topological polar surface area (TPSA) is 133 Å². The minimum absolute atomic E-state index is 0.118. The average molecular weight is 623 g/mol. The molecule has 45 heavy (non-hydrogen) atoms. The van der Waals surface area contributed by atoms with Gasteiger partial charge in [-0.05, 0) is 47.7 Å². The number of unbranched alkanes of at least 4 members (excludes halogenated alkanes) is 1. The molecule has 0 saturated carbocycles. The lowest BCUT2D eigenvalue weighted by molar-refractivity contribution is 0.379. The van der Waals surface area contributed by atoms with Gasteiger partial charge in [0.15, 0.2) is 11.6 Å². The van der Waals surface area contributed by atoms with E-state index in [9.17, 15) is 9.59 Å². The van der Waals surface area contributed by atoms with Gasteiger partial charge in [0.05, 0.1) is 13.0 Å². The van der Waals surface area contributed by atoms with Gasteiger partial charge in [-0.25, -0.2) is 9.78 Å². The van der Waals surface area contributed by atoms with Gasteiger partial charge in [-0.2, -0.15) is 4.98 Å². The number of halogens is 1. The van der Waals surface area contributed by atoms with E-state index in [1.807, 2.05) is 79.7 Å². The monoisotopic (exact) mass is 622 g/mol. The van der Waals surface area contributed by atoms with E-state index < -0.39 is 5.76 Å². The molecule has 0 atom stereocenters. The van der Waals surface area contributed by atoms with E-state index in [1.165, 1.54) is 0 Å². The molecule has 0 bridgehead atoms. The molecular weight excluding hydrogens is 592 g/mol. The summed E-state index contributed by atoms with van der Waals surface area (Å²) in [7, 11) is 0. The minimum atomic E-state index is -0.609. The Kier molecular flexibility index (Phi) is 8.84. The third-order valence-corrected chi connectivity index (χ3v) is 7.85. The smallest absolute Gasteiger partial charge is 0.339 e. The number of aryl methyl sites for hydroxylation is 2. The Morgan fingerprint density at radius 1 is 0.867 bits per heavy atom. The summed E-state index contributed by atoms with van der Waals surface area (Å²) in [5, 5.41) is 8.61. The van der Waals surface area contributed by atoms with Crippen LogP contribution in [0.15, 0.2) is 91.4 Å². The molecule has 0 aliphatic heterocycles. The third kappa shape index (κ3) is 6.86. The van der Waals surface area contributed by atoms with E-state index in [2.05, 4.69) is 27.2 Å². The number of benzene rings is 3. The van der Waals surface area contributed by atoms with Gasteiger partial charge in [-0.3, -0.25) is 18.9 Å². The number of hydrogen-bond donors (Lipinski definition) is 1. The van der Waals surface area contributed by atoms with Crippen LogP contribution in [-0.2, 0) is 25.8 Å². The molecule has 10 nitrogen and oxygen atoms in total. The van der Waals surface area contributed by atoms with Crippen LogP contribution >= 0.6 is 11.6 Å². The standard InChI is InChI=1S/C34H31ClN6O4/c1-3-4-12-30-36-21(2)28(19-31-37-29(39-44-31)18-23-8-7-9-25(35)17-23)33(42)41(30)20-22-13-15-24(16-14-22)26-10-5-6-11-27(26)32-38-34(43)45-40-32/h5-11,13-17H,3-4,12,18-20H2,1-2H3,(H,38,40,43). The van der Waals surface area contributed by atoms with Crippen molar-refractivity contribution in [3.05, 3.63) is 139 Å². The molecule has 6 aromatic rings. The summed E-state index contributed by atoms with van der Waals surface area (Å²) in [6.45, 7) is 4.33. The van der Waals surface area contributed by atoms with Crippen molar-refractivity contribution in [1.29, 1.82) is 0 Å². The molecule has 228 valence electrons. The van der Waals surface area contributed by atoms with Crippen molar-refractivity contribution in [3.8, 4) is 22.5 Å². The molecule has 0 amide bonds. The maximum Gasteiger partial charge on any atom is 0.439 e. The Hall–Kier alpha value is -5.09. The van der Waals surface area contributed by atoms with Crippen LogP contribution in [0.3, 0.4) is 0 Å². The molecule has 0 saturated heterocycles. The van der Waals surface area contributed by atoms with Crippen molar-refractivity contribution in [3.63, 3.8) is 0 Å². The van der Waals surface area contributed by atoms with Crippen molar-refractivity contribution >= 4 is 11.6 Å². The molecule has 0 aliphatic carbocycles. The van der Waals surface area contributed by atoms with E-state index in [1.54, 1.807) is 4.57 Å². The predicted octanol–water partition coefficient (Wildman–Crippen LogP) is 6.17. The molecule has 0 spiro atoms. The maximum absolute atomic E-state index is 14.0. The number of aromatic nitrogens is 6. The average Bonchev–Trinajstić information content (AvgIpc) is 3.68. The lowest BCUT2D eigenvalue weighted by Gasteiger charge is -2.16. The van der Waals surface area contributed by atoms with Gasteiger partial charge in [0, 0.05) is 34.7 Å². The molecule has 0 unspecified atom stereocenters. The predicted molar refractivity (Wildman–Crippen MR) is 170 cm³/mol. The van der Waals surface area contributed by atoms with E-state index >= 15 is 0 Å². The molecule has 0 aliphatic rings. The van der Waals surface area contributed by atoms with Gasteiger partial charge >= 0.3 is 5.76 Å². The zero-order valence-corrected chi connectivity index (χ0v) is 25.7. The second kappa shape index (κ2) is 13.3. The largest absolute Gasteiger partial charge is 0.439 e. The first-order valence-corrected chi connectivity index (χ1v) is 15.2. The number of rotatable bonds is 11. The van der Waals surface area contributed by atoms with Crippen LogP contribution < -0.4 is 11.3 Å². The number of nitrogens with one attached hydrogen (secondary N) is 1. The lowest BCUT2D eigenvalue weighted by Crippen LogP contribution is -2.30. The second-order valence-electron chi connectivity index (χ2n) is 10.9. The molecule has 0 fully saturated rings. The zero-order valence-electron chi connectivity index (χ0n) is 24.9. The van der Waals surface area contributed by atoms with Crippen molar-refractivity contribution < 1.29 is 9.05 Å². The normalized spacial score (nSPS) is 11.3. The van der Waals surface area contributed by atoms with Gasteiger partial charge < -0.3 is 4.52 Å². The molecular formula is C34H31ClN6O4. The Morgan fingerprint density at radius 3 is 2.40 bits per heavy atom. The van der Waals surface area contributed by atoms with Crippen LogP contribution in [0.4, 0.5) is 0 Å². The minimum Gasteiger partial charge on any atom is -0.339 e. The fraction of sp³-hybridized carbons (Fsp3) is 0.235. The fourth-order valence-corrected chi connectivity index (χ4v) is 5.54. The van der Waals surface area contributed by atoms with E-state index in [-0.39, 0.29) is 12.0 Å². The summed E-state index contributed by atoms with van der Waals surface area (Å²) in [5.74, 6) is 1.39. The highest BCUT2D eigenvalue weighted by Crippen LogP contribution is 2.30. The van der Waals surface area contributed by atoms with Gasteiger partial charge in [0.1, 0.15) is 5.82 Å². The van der Waals surface area contributed by atoms with Gasteiger partial charge in [0.25, 0.3) is 5.56 Å². The number of H-pyrrole nitrogens is 1. The van der Waals surface area contributed by atoms with E-state index in [0.29, 0.717) is 53.2 Å². The molecule has 11 heteroatoms. The van der Waals surface area contributed by atoms with Gasteiger partial charge in [0.2, 0.25) is 5.89 Å². The summed E-state index contributed by atoms with van der Waals surface area (Å²) < 4.78 is 12.0. The first kappa shape index (κ1) is 30.0. The van der Waals surface area contributed by atoms with Gasteiger partial charge in [-0.15, -0.1) is 0 Å². The Bertz CT molecular complexity index is 2060. The number of nitrogens with zero attached hydrogens (tertiary/aromatic N) is 5. The van der Waals surface area contributed by atoms with Crippen molar-refractivity contribution in [2.24, 2.45) is 0 Å². The van der Waals surface area contributed by atoms with Crippen LogP contribution in [0.2, 0.25) is 5.02 Å². The Morgan fingerprint density at radius 2 is 1.67 bits per heavy atom. The molecule has 3 aromatic carbocycles. The first-order chi connectivity index (χ1) is 21.9. The summed E-state index contributed by atoms with van der Waals surface area (Å²) in [6, 6.07) is 23.1. The number of hydrogen-bond acceptors (Lipinski definition) is 8. The summed E-state index contributed by atoms with van der Waals surface area (Å²) in [4.78, 5) is 37.6.